The van der Waals surface area contributed by atoms with Gasteiger partial charge < -0.3 is 5.32 Å². The minimum absolute atomic E-state index is 0.585. The van der Waals surface area contributed by atoms with E-state index in [9.17, 15) is 0 Å². The molecule has 0 atom stereocenters. The number of hydrogen-bond donors (Lipinski definition) is 1. The van der Waals surface area contributed by atoms with Gasteiger partial charge in [0.25, 0.3) is 0 Å². The van der Waals surface area contributed by atoms with E-state index in [2.05, 4.69) is 42.1 Å². The van der Waals surface area contributed by atoms with Gasteiger partial charge in [-0.2, -0.15) is 5.10 Å². The summed E-state index contributed by atoms with van der Waals surface area (Å²) in [4.78, 5) is 0. The fourth-order valence-electron chi connectivity index (χ4n) is 1.71. The van der Waals surface area contributed by atoms with Crippen LogP contribution in [0.1, 0.15) is 37.1 Å². The summed E-state index contributed by atoms with van der Waals surface area (Å²) in [7, 11) is 0. The lowest BCUT2D eigenvalue weighted by molar-refractivity contribution is 0.317. The molecule has 0 unspecified atom stereocenters. The first-order valence-corrected chi connectivity index (χ1v) is 4.95. The molecule has 1 aromatic rings. The van der Waals surface area contributed by atoms with Gasteiger partial charge in [0.05, 0.1) is 11.7 Å². The monoisotopic (exact) mass is 179 g/mol. The molecule has 2 heterocycles. The van der Waals surface area contributed by atoms with Crippen LogP contribution in [0.5, 0.6) is 0 Å². The Morgan fingerprint density at radius 3 is 2.62 bits per heavy atom. The molecule has 1 saturated heterocycles. The van der Waals surface area contributed by atoms with E-state index in [-0.39, 0.29) is 0 Å². The molecule has 0 saturated carbocycles. The topological polar surface area (TPSA) is 29.9 Å². The molecule has 0 aromatic carbocycles. The molecule has 72 valence electrons. The van der Waals surface area contributed by atoms with Crippen LogP contribution in [0.15, 0.2) is 6.20 Å². The molecule has 1 N–H and O–H groups in total. The molecule has 1 aliphatic rings. The first kappa shape index (κ1) is 8.75. The van der Waals surface area contributed by atoms with Gasteiger partial charge in [-0.05, 0) is 18.4 Å². The minimum Gasteiger partial charge on any atom is -0.312 e. The van der Waals surface area contributed by atoms with Gasteiger partial charge in [0.1, 0.15) is 0 Å². The largest absolute Gasteiger partial charge is 0.312 e. The predicted molar refractivity (Wildman–Crippen MR) is 53.0 cm³/mol. The van der Waals surface area contributed by atoms with Crippen LogP contribution in [-0.2, 0) is 0 Å². The molecule has 0 spiro atoms. The molecule has 1 aliphatic heterocycles. The molecule has 0 radical (unpaired) electrons. The number of hydrogen-bond acceptors (Lipinski definition) is 2. The zero-order valence-electron chi connectivity index (χ0n) is 8.54. The zero-order chi connectivity index (χ0) is 9.42. The van der Waals surface area contributed by atoms with Crippen molar-refractivity contribution < 1.29 is 0 Å². The minimum atomic E-state index is 0.585. The molecule has 13 heavy (non-hydrogen) atoms. The Bertz CT molecular complexity index is 297. The van der Waals surface area contributed by atoms with E-state index in [1.807, 2.05) is 0 Å². The third kappa shape index (κ3) is 1.48. The van der Waals surface area contributed by atoms with Gasteiger partial charge in [0.2, 0.25) is 0 Å². The van der Waals surface area contributed by atoms with E-state index in [4.69, 9.17) is 0 Å². The second-order valence-electron chi connectivity index (χ2n) is 4.12. The fourth-order valence-corrected chi connectivity index (χ4v) is 1.71. The molecule has 0 aliphatic carbocycles. The highest BCUT2D eigenvalue weighted by molar-refractivity contribution is 5.19. The Balaban J connectivity index is 2.23. The summed E-state index contributed by atoms with van der Waals surface area (Å²) < 4.78 is 2.11. The van der Waals surface area contributed by atoms with Gasteiger partial charge in [0.15, 0.2) is 0 Å². The average molecular weight is 179 g/mol. The van der Waals surface area contributed by atoms with Crippen molar-refractivity contribution in [2.24, 2.45) is 0 Å². The Hall–Kier alpha value is -0.830. The summed E-state index contributed by atoms with van der Waals surface area (Å²) >= 11 is 0. The summed E-state index contributed by atoms with van der Waals surface area (Å²) in [5, 5.41) is 7.79. The Labute approximate surface area is 79.1 Å². The Morgan fingerprint density at radius 1 is 1.54 bits per heavy atom. The van der Waals surface area contributed by atoms with E-state index in [1.165, 1.54) is 11.3 Å². The van der Waals surface area contributed by atoms with Gasteiger partial charge in [-0.3, -0.25) is 4.68 Å². The van der Waals surface area contributed by atoms with Crippen LogP contribution in [0, 0.1) is 6.92 Å². The summed E-state index contributed by atoms with van der Waals surface area (Å²) in [5.74, 6) is 0.585. The second-order valence-corrected chi connectivity index (χ2v) is 4.12. The average Bonchev–Trinajstić information content (AvgIpc) is 2.27. The Kier molecular flexibility index (Phi) is 2.12. The predicted octanol–water partition coefficient (Wildman–Crippen LogP) is 1.46. The Morgan fingerprint density at radius 2 is 2.23 bits per heavy atom. The molecule has 1 aromatic heterocycles. The van der Waals surface area contributed by atoms with E-state index in [0.29, 0.717) is 12.0 Å². The quantitative estimate of drug-likeness (QED) is 0.745. The third-order valence-corrected chi connectivity index (χ3v) is 2.71. The van der Waals surface area contributed by atoms with Crippen molar-refractivity contribution in [1.29, 1.82) is 0 Å². The molecular weight excluding hydrogens is 162 g/mol. The maximum atomic E-state index is 4.53. The van der Waals surface area contributed by atoms with Crippen molar-refractivity contribution in [1.82, 2.24) is 15.1 Å². The van der Waals surface area contributed by atoms with E-state index >= 15 is 0 Å². The highest BCUT2D eigenvalue weighted by Crippen LogP contribution is 2.20. The maximum Gasteiger partial charge on any atom is 0.0767 e. The van der Waals surface area contributed by atoms with Gasteiger partial charge >= 0.3 is 0 Å². The third-order valence-electron chi connectivity index (χ3n) is 2.71. The highest BCUT2D eigenvalue weighted by atomic mass is 15.3. The van der Waals surface area contributed by atoms with Gasteiger partial charge in [-0.1, -0.05) is 13.8 Å². The number of rotatable bonds is 2. The van der Waals surface area contributed by atoms with E-state index in [0.717, 1.165) is 13.1 Å². The van der Waals surface area contributed by atoms with E-state index in [1.54, 1.807) is 0 Å². The first-order valence-electron chi connectivity index (χ1n) is 4.95. The molecule has 0 bridgehead atoms. The lowest BCUT2D eigenvalue weighted by atomic mass is 10.1. The van der Waals surface area contributed by atoms with Gasteiger partial charge in [0, 0.05) is 19.3 Å². The lowest BCUT2D eigenvalue weighted by Crippen LogP contribution is -2.43. The van der Waals surface area contributed by atoms with Crippen molar-refractivity contribution >= 4 is 0 Å². The lowest BCUT2D eigenvalue weighted by Gasteiger charge is -2.27. The SMILES string of the molecule is Cc1nn(C2CNC2)cc1C(C)C. The summed E-state index contributed by atoms with van der Waals surface area (Å²) in [6.07, 6.45) is 2.20. The molecule has 3 heteroatoms. The van der Waals surface area contributed by atoms with Crippen LogP contribution in [0.4, 0.5) is 0 Å². The van der Waals surface area contributed by atoms with Gasteiger partial charge in [-0.25, -0.2) is 0 Å². The summed E-state index contributed by atoms with van der Waals surface area (Å²) in [6.45, 7) is 8.66. The normalized spacial score (nSPS) is 17.8. The van der Waals surface area contributed by atoms with Crippen LogP contribution in [0.25, 0.3) is 0 Å². The molecule has 1 fully saturated rings. The van der Waals surface area contributed by atoms with Crippen molar-refractivity contribution in [2.75, 3.05) is 13.1 Å². The van der Waals surface area contributed by atoms with E-state index < -0.39 is 0 Å². The van der Waals surface area contributed by atoms with Crippen LogP contribution in [0.2, 0.25) is 0 Å². The smallest absolute Gasteiger partial charge is 0.0767 e. The highest BCUT2D eigenvalue weighted by Gasteiger charge is 2.20. The number of aryl methyl sites for hydroxylation is 1. The van der Waals surface area contributed by atoms with Crippen LogP contribution in [-0.4, -0.2) is 22.9 Å². The van der Waals surface area contributed by atoms with Crippen LogP contribution >= 0.6 is 0 Å². The van der Waals surface area contributed by atoms with Crippen molar-refractivity contribution in [3.8, 4) is 0 Å². The van der Waals surface area contributed by atoms with Crippen LogP contribution < -0.4 is 5.32 Å². The second kappa shape index (κ2) is 3.14. The number of nitrogens with one attached hydrogen (secondary N) is 1. The maximum absolute atomic E-state index is 4.53. The van der Waals surface area contributed by atoms with Gasteiger partial charge in [-0.15, -0.1) is 0 Å². The molecule has 2 rings (SSSR count). The van der Waals surface area contributed by atoms with Crippen molar-refractivity contribution in [3.05, 3.63) is 17.5 Å². The number of aromatic nitrogens is 2. The zero-order valence-corrected chi connectivity index (χ0v) is 8.54. The van der Waals surface area contributed by atoms with Crippen molar-refractivity contribution in [2.45, 2.75) is 32.7 Å². The molecular formula is C10H17N3. The fraction of sp³-hybridized carbons (Fsp3) is 0.700. The summed E-state index contributed by atoms with van der Waals surface area (Å²) in [5.41, 5.74) is 2.56. The number of nitrogens with zero attached hydrogens (tertiary/aromatic N) is 2. The van der Waals surface area contributed by atoms with Crippen molar-refractivity contribution in [3.63, 3.8) is 0 Å². The molecule has 0 amide bonds. The summed E-state index contributed by atoms with van der Waals surface area (Å²) in [6, 6.07) is 0.589. The molecule has 3 nitrogen and oxygen atoms in total. The first-order chi connectivity index (χ1) is 6.18. The standard InChI is InChI=1S/C10H17N3/c1-7(2)10-6-13(12-8(10)3)9-4-11-5-9/h6-7,9,11H,4-5H2,1-3H3. The van der Waals surface area contributed by atoms with Crippen LogP contribution in [0.3, 0.4) is 0 Å².